The second-order valence-electron chi connectivity index (χ2n) is 9.02. The normalized spacial score (nSPS) is 23.1. The zero-order valence-corrected chi connectivity index (χ0v) is 20.0. The molecular formula is C26H25N5O3S. The van der Waals surface area contributed by atoms with Crippen LogP contribution in [0.1, 0.15) is 18.0 Å². The highest BCUT2D eigenvalue weighted by molar-refractivity contribution is 8.01. The molecule has 1 aromatic heterocycles. The van der Waals surface area contributed by atoms with Crippen molar-refractivity contribution in [2.24, 2.45) is 0 Å². The summed E-state index contributed by atoms with van der Waals surface area (Å²) in [5.74, 6) is 1.37. The Morgan fingerprint density at radius 3 is 2.63 bits per heavy atom. The largest absolute Gasteiger partial charge is 0.457 e. The Balaban J connectivity index is 1.24. The Hall–Kier alpha value is -3.56. The Kier molecular flexibility index (Phi) is 5.58. The molecule has 6 rings (SSSR count). The van der Waals surface area contributed by atoms with E-state index in [2.05, 4.69) is 27.6 Å². The average molecular weight is 488 g/mol. The summed E-state index contributed by atoms with van der Waals surface area (Å²) in [4.78, 5) is 34.8. The van der Waals surface area contributed by atoms with Gasteiger partial charge in [0.1, 0.15) is 21.8 Å². The number of thioether (sulfide) groups is 1. The Morgan fingerprint density at radius 2 is 1.89 bits per heavy atom. The van der Waals surface area contributed by atoms with Crippen molar-refractivity contribution < 1.29 is 14.3 Å². The van der Waals surface area contributed by atoms with E-state index in [0.29, 0.717) is 11.4 Å². The molecule has 178 valence electrons. The number of ether oxygens (including phenoxy) is 1. The van der Waals surface area contributed by atoms with E-state index in [0.717, 1.165) is 41.5 Å². The van der Waals surface area contributed by atoms with Crippen LogP contribution in [0.3, 0.4) is 0 Å². The number of likely N-dealkylation sites (tertiary alicyclic amines) is 1. The van der Waals surface area contributed by atoms with Crippen molar-refractivity contribution >= 4 is 35.1 Å². The number of amides is 3. The summed E-state index contributed by atoms with van der Waals surface area (Å²) in [6.07, 6.45) is 2.63. The lowest BCUT2D eigenvalue weighted by molar-refractivity contribution is -0.121. The molecule has 0 radical (unpaired) electrons. The summed E-state index contributed by atoms with van der Waals surface area (Å²) < 4.78 is 5.88. The van der Waals surface area contributed by atoms with Gasteiger partial charge in [0.15, 0.2) is 0 Å². The van der Waals surface area contributed by atoms with E-state index < -0.39 is 11.3 Å². The van der Waals surface area contributed by atoms with Crippen LogP contribution in [0.2, 0.25) is 0 Å². The molecule has 0 aliphatic carbocycles. The van der Waals surface area contributed by atoms with Crippen molar-refractivity contribution in [1.82, 2.24) is 20.5 Å². The lowest BCUT2D eigenvalue weighted by Crippen LogP contribution is -2.50. The van der Waals surface area contributed by atoms with Crippen LogP contribution in [0.4, 0.5) is 16.2 Å². The monoisotopic (exact) mass is 487 g/mol. The highest BCUT2D eigenvalue weighted by Crippen LogP contribution is 2.50. The number of carbonyl (C=O) groups is 2. The van der Waals surface area contributed by atoms with Gasteiger partial charge in [-0.1, -0.05) is 30.0 Å². The molecule has 3 aliphatic heterocycles. The summed E-state index contributed by atoms with van der Waals surface area (Å²) in [6, 6.07) is 18.2. The number of hydrogen-bond donors (Lipinski definition) is 2. The lowest BCUT2D eigenvalue weighted by Gasteiger charge is -2.34. The molecule has 8 nitrogen and oxygen atoms in total. The fourth-order valence-corrected chi connectivity index (χ4v) is 6.14. The first-order valence-electron chi connectivity index (χ1n) is 11.6. The third-order valence-corrected chi connectivity index (χ3v) is 7.86. The number of likely N-dealkylation sites (N-methyl/N-ethyl adjacent to an activating group) is 1. The molecule has 2 aromatic carbocycles. The molecule has 3 amide bonds. The maximum Gasteiger partial charge on any atom is 0.327 e. The molecular weight excluding hydrogens is 462 g/mol. The van der Waals surface area contributed by atoms with Gasteiger partial charge in [0.25, 0.3) is 0 Å². The molecule has 3 aliphatic rings. The standard InChI is InChI=1S/C26H25N5O3S/c1-30-14-12-16(15-30)28-24(32)23-22-21-20(11-13-27-25(21)35-23)31(26(33)29-22)17-7-9-19(10-8-17)34-18-5-3-2-4-6-18/h2-11,13,16,22-23H,12,14-15H2,1H3,(H,28,32)(H,29,33)/t16?,22?,23-/m0/s1. The number of nitrogens with zero attached hydrogens (tertiary/aromatic N) is 3. The predicted octanol–water partition coefficient (Wildman–Crippen LogP) is 4.07. The van der Waals surface area contributed by atoms with Crippen LogP contribution in [0, 0.1) is 0 Å². The number of aromatic nitrogens is 1. The van der Waals surface area contributed by atoms with Gasteiger partial charge < -0.3 is 20.3 Å². The SMILES string of the molecule is CN1CCC(NC(=O)[C@H]2Sc3nccc4c3C2NC(=O)N4c2ccc(Oc3ccccc3)cc2)C1. The number of urea groups is 1. The van der Waals surface area contributed by atoms with Crippen LogP contribution in [-0.4, -0.2) is 53.3 Å². The summed E-state index contributed by atoms with van der Waals surface area (Å²) >= 11 is 1.42. The zero-order valence-electron chi connectivity index (χ0n) is 19.2. The Morgan fingerprint density at radius 1 is 1.11 bits per heavy atom. The molecule has 4 heterocycles. The summed E-state index contributed by atoms with van der Waals surface area (Å²) in [5, 5.41) is 6.57. The predicted molar refractivity (Wildman–Crippen MR) is 134 cm³/mol. The molecule has 2 N–H and O–H groups in total. The second-order valence-corrected chi connectivity index (χ2v) is 10.1. The van der Waals surface area contributed by atoms with Crippen LogP contribution < -0.4 is 20.3 Å². The topological polar surface area (TPSA) is 86.8 Å². The minimum Gasteiger partial charge on any atom is -0.457 e. The van der Waals surface area contributed by atoms with E-state index in [1.54, 1.807) is 11.1 Å². The summed E-state index contributed by atoms with van der Waals surface area (Å²) in [6.45, 7) is 1.81. The van der Waals surface area contributed by atoms with Gasteiger partial charge in [0.2, 0.25) is 5.91 Å². The van der Waals surface area contributed by atoms with Crippen molar-refractivity contribution in [2.45, 2.75) is 28.8 Å². The molecule has 35 heavy (non-hydrogen) atoms. The van der Waals surface area contributed by atoms with Gasteiger partial charge in [0.05, 0.1) is 17.4 Å². The highest BCUT2D eigenvalue weighted by Gasteiger charge is 2.47. The molecule has 3 atom stereocenters. The van der Waals surface area contributed by atoms with E-state index in [9.17, 15) is 9.59 Å². The minimum atomic E-state index is -0.447. The average Bonchev–Trinajstić information content (AvgIpc) is 3.44. The van der Waals surface area contributed by atoms with Gasteiger partial charge >= 0.3 is 6.03 Å². The quantitative estimate of drug-likeness (QED) is 0.564. The van der Waals surface area contributed by atoms with E-state index in [-0.39, 0.29) is 18.0 Å². The molecule has 9 heteroatoms. The fourth-order valence-electron chi connectivity index (χ4n) is 4.91. The molecule has 0 saturated carbocycles. The van der Waals surface area contributed by atoms with Crippen LogP contribution >= 0.6 is 11.8 Å². The first-order chi connectivity index (χ1) is 17.1. The number of carbonyl (C=O) groups excluding carboxylic acids is 2. The third-order valence-electron chi connectivity index (χ3n) is 6.58. The van der Waals surface area contributed by atoms with Crippen LogP contribution in [0.5, 0.6) is 11.5 Å². The van der Waals surface area contributed by atoms with E-state index >= 15 is 0 Å². The minimum absolute atomic E-state index is 0.0552. The van der Waals surface area contributed by atoms with Gasteiger partial charge in [-0.15, -0.1) is 0 Å². The van der Waals surface area contributed by atoms with E-state index in [4.69, 9.17) is 4.74 Å². The first kappa shape index (κ1) is 21.9. The van der Waals surface area contributed by atoms with Crippen molar-refractivity contribution in [3.05, 3.63) is 72.4 Å². The van der Waals surface area contributed by atoms with Crippen molar-refractivity contribution in [3.8, 4) is 11.5 Å². The van der Waals surface area contributed by atoms with Gasteiger partial charge in [-0.2, -0.15) is 0 Å². The van der Waals surface area contributed by atoms with Gasteiger partial charge in [-0.3, -0.25) is 9.69 Å². The van der Waals surface area contributed by atoms with E-state index in [1.165, 1.54) is 11.8 Å². The zero-order chi connectivity index (χ0) is 23.9. The number of anilines is 2. The molecule has 1 saturated heterocycles. The van der Waals surface area contributed by atoms with E-state index in [1.807, 2.05) is 60.7 Å². The molecule has 0 bridgehead atoms. The lowest BCUT2D eigenvalue weighted by atomic mass is 9.99. The Labute approximate surface area is 207 Å². The molecule has 1 fully saturated rings. The Bertz CT molecular complexity index is 1270. The molecule has 2 unspecified atom stereocenters. The number of rotatable bonds is 5. The maximum atomic E-state index is 13.3. The number of para-hydroxylation sites is 1. The highest BCUT2D eigenvalue weighted by atomic mass is 32.2. The molecule has 0 spiro atoms. The number of benzene rings is 2. The first-order valence-corrected chi connectivity index (χ1v) is 12.5. The van der Waals surface area contributed by atoms with Gasteiger partial charge in [0, 0.05) is 24.3 Å². The van der Waals surface area contributed by atoms with Crippen LogP contribution in [0.15, 0.2) is 71.9 Å². The van der Waals surface area contributed by atoms with Crippen LogP contribution in [0.25, 0.3) is 0 Å². The van der Waals surface area contributed by atoms with Crippen molar-refractivity contribution in [2.75, 3.05) is 25.0 Å². The summed E-state index contributed by atoms with van der Waals surface area (Å²) in [7, 11) is 2.05. The van der Waals surface area contributed by atoms with Crippen molar-refractivity contribution in [1.29, 1.82) is 0 Å². The third kappa shape index (κ3) is 4.11. The van der Waals surface area contributed by atoms with Crippen molar-refractivity contribution in [3.63, 3.8) is 0 Å². The fraction of sp³-hybridized carbons (Fsp3) is 0.269. The maximum absolute atomic E-state index is 13.3. The number of pyridine rings is 1. The van der Waals surface area contributed by atoms with Crippen LogP contribution in [-0.2, 0) is 4.79 Å². The number of hydrogen-bond acceptors (Lipinski definition) is 6. The smallest absolute Gasteiger partial charge is 0.327 e. The van der Waals surface area contributed by atoms with Gasteiger partial charge in [-0.25, -0.2) is 9.78 Å². The second kappa shape index (κ2) is 8.90. The number of nitrogens with one attached hydrogen (secondary N) is 2. The molecule has 3 aromatic rings. The summed E-state index contributed by atoms with van der Waals surface area (Å²) in [5.41, 5.74) is 2.36. The van der Waals surface area contributed by atoms with Gasteiger partial charge in [-0.05, 0) is 62.5 Å².